The standard InChI is InChI=1S/C17H21N3O3S.ClH/c1-10(2)12-4-6-13(7-5-12)14(18)9-19-17(21)16-8-15(20(22)23)11(3)24-16;/h4-8,10,14H,9,18H2,1-3H3,(H,19,21);1H. The third kappa shape index (κ3) is 5.26. The van der Waals surface area contributed by atoms with Crippen LogP contribution in [-0.4, -0.2) is 17.4 Å². The van der Waals surface area contributed by atoms with Gasteiger partial charge < -0.3 is 11.1 Å². The molecule has 0 saturated heterocycles. The van der Waals surface area contributed by atoms with E-state index in [1.54, 1.807) is 6.92 Å². The number of hydrogen-bond donors (Lipinski definition) is 2. The highest BCUT2D eigenvalue weighted by molar-refractivity contribution is 7.14. The van der Waals surface area contributed by atoms with E-state index in [4.69, 9.17) is 5.73 Å². The van der Waals surface area contributed by atoms with E-state index in [-0.39, 0.29) is 36.6 Å². The van der Waals surface area contributed by atoms with Crippen molar-refractivity contribution in [3.8, 4) is 0 Å². The second-order valence-corrected chi connectivity index (χ2v) is 7.20. The van der Waals surface area contributed by atoms with Crippen LogP contribution in [0.5, 0.6) is 0 Å². The van der Waals surface area contributed by atoms with Crippen molar-refractivity contribution in [3.05, 3.63) is 61.3 Å². The fourth-order valence-corrected chi connectivity index (χ4v) is 3.20. The van der Waals surface area contributed by atoms with Crippen molar-refractivity contribution in [2.45, 2.75) is 32.7 Å². The zero-order valence-electron chi connectivity index (χ0n) is 14.3. The van der Waals surface area contributed by atoms with Crippen molar-refractivity contribution < 1.29 is 9.72 Å². The number of nitrogens with zero attached hydrogens (tertiary/aromatic N) is 1. The van der Waals surface area contributed by atoms with Crippen molar-refractivity contribution in [2.75, 3.05) is 6.54 Å². The lowest BCUT2D eigenvalue weighted by atomic mass is 9.99. The van der Waals surface area contributed by atoms with Crippen LogP contribution in [0.3, 0.4) is 0 Å². The number of amides is 1. The summed E-state index contributed by atoms with van der Waals surface area (Å²) in [5, 5.41) is 13.6. The summed E-state index contributed by atoms with van der Waals surface area (Å²) in [6.07, 6.45) is 0. The molecule has 0 fully saturated rings. The summed E-state index contributed by atoms with van der Waals surface area (Å²) in [6.45, 7) is 6.14. The molecular weight excluding hydrogens is 362 g/mol. The lowest BCUT2D eigenvalue weighted by molar-refractivity contribution is -0.385. The van der Waals surface area contributed by atoms with Crippen molar-refractivity contribution in [3.63, 3.8) is 0 Å². The molecule has 1 atom stereocenters. The average Bonchev–Trinajstić information content (AvgIpc) is 2.94. The maximum Gasteiger partial charge on any atom is 0.283 e. The van der Waals surface area contributed by atoms with Gasteiger partial charge in [-0.3, -0.25) is 14.9 Å². The van der Waals surface area contributed by atoms with E-state index in [2.05, 4.69) is 19.2 Å². The highest BCUT2D eigenvalue weighted by Crippen LogP contribution is 2.28. The Hall–Kier alpha value is -1.96. The Morgan fingerprint density at radius 1 is 1.28 bits per heavy atom. The maximum atomic E-state index is 12.1. The van der Waals surface area contributed by atoms with Crippen molar-refractivity contribution in [1.82, 2.24) is 5.32 Å². The van der Waals surface area contributed by atoms with Crippen LogP contribution >= 0.6 is 23.7 Å². The smallest absolute Gasteiger partial charge is 0.283 e. The summed E-state index contributed by atoms with van der Waals surface area (Å²) in [6, 6.07) is 8.98. The molecule has 1 heterocycles. The molecule has 0 saturated carbocycles. The lowest BCUT2D eigenvalue weighted by Crippen LogP contribution is -2.31. The molecule has 6 nitrogen and oxygen atoms in total. The van der Waals surface area contributed by atoms with Crippen LogP contribution in [0, 0.1) is 17.0 Å². The van der Waals surface area contributed by atoms with E-state index >= 15 is 0 Å². The molecule has 1 unspecified atom stereocenters. The molecule has 1 aromatic carbocycles. The SMILES string of the molecule is Cc1sc(C(=O)NCC(N)c2ccc(C(C)C)cc2)cc1[N+](=O)[O-].Cl. The van der Waals surface area contributed by atoms with E-state index in [1.165, 1.54) is 11.6 Å². The molecule has 3 N–H and O–H groups in total. The number of nitro groups is 1. The minimum absolute atomic E-state index is 0. The Labute approximate surface area is 157 Å². The van der Waals surface area contributed by atoms with E-state index < -0.39 is 4.92 Å². The van der Waals surface area contributed by atoms with Gasteiger partial charge in [-0.05, 0) is 24.0 Å². The zero-order valence-corrected chi connectivity index (χ0v) is 15.9. The van der Waals surface area contributed by atoms with Crippen LogP contribution in [-0.2, 0) is 0 Å². The topological polar surface area (TPSA) is 98.3 Å². The van der Waals surface area contributed by atoms with Gasteiger partial charge in [0.2, 0.25) is 0 Å². The Bertz CT molecular complexity index is 744. The molecule has 0 spiro atoms. The largest absolute Gasteiger partial charge is 0.349 e. The van der Waals surface area contributed by atoms with Gasteiger partial charge in [0.25, 0.3) is 11.6 Å². The number of thiophene rings is 1. The van der Waals surface area contributed by atoms with E-state index in [1.807, 2.05) is 24.3 Å². The van der Waals surface area contributed by atoms with Gasteiger partial charge in [-0.1, -0.05) is 38.1 Å². The molecular formula is C17H22ClN3O3S. The first-order chi connectivity index (χ1) is 11.3. The molecule has 1 amide bonds. The second-order valence-electron chi connectivity index (χ2n) is 5.95. The quantitative estimate of drug-likeness (QED) is 0.583. The van der Waals surface area contributed by atoms with E-state index in [0.29, 0.717) is 15.7 Å². The fourth-order valence-electron chi connectivity index (χ4n) is 2.30. The summed E-state index contributed by atoms with van der Waals surface area (Å²) in [7, 11) is 0. The molecule has 0 aliphatic carbocycles. The van der Waals surface area contributed by atoms with Crippen LogP contribution in [0.2, 0.25) is 0 Å². The third-order valence-corrected chi connectivity index (χ3v) is 4.86. The van der Waals surface area contributed by atoms with Crippen molar-refractivity contribution in [2.24, 2.45) is 5.73 Å². The van der Waals surface area contributed by atoms with Crippen LogP contribution in [0.4, 0.5) is 5.69 Å². The number of nitrogens with one attached hydrogen (secondary N) is 1. The van der Waals surface area contributed by atoms with Gasteiger partial charge in [0, 0.05) is 18.7 Å². The summed E-state index contributed by atoms with van der Waals surface area (Å²) in [4.78, 5) is 23.3. The van der Waals surface area contributed by atoms with Crippen LogP contribution in [0.25, 0.3) is 0 Å². The minimum atomic E-state index is -0.482. The van der Waals surface area contributed by atoms with Gasteiger partial charge in [-0.25, -0.2) is 0 Å². The average molecular weight is 384 g/mol. The summed E-state index contributed by atoms with van der Waals surface area (Å²) in [5.41, 5.74) is 8.25. The fraction of sp³-hybridized carbons (Fsp3) is 0.353. The van der Waals surface area contributed by atoms with E-state index in [9.17, 15) is 14.9 Å². The number of nitrogens with two attached hydrogens (primary N) is 1. The minimum Gasteiger partial charge on any atom is -0.349 e. The first-order valence-electron chi connectivity index (χ1n) is 7.68. The van der Waals surface area contributed by atoms with Gasteiger partial charge in [-0.15, -0.1) is 23.7 Å². The maximum absolute atomic E-state index is 12.1. The molecule has 2 aromatic rings. The Kier molecular flexibility index (Phi) is 7.54. The highest BCUT2D eigenvalue weighted by atomic mass is 35.5. The molecule has 1 aromatic heterocycles. The number of aryl methyl sites for hydroxylation is 1. The van der Waals surface area contributed by atoms with Crippen LogP contribution in [0.15, 0.2) is 30.3 Å². The van der Waals surface area contributed by atoms with Gasteiger partial charge in [0.05, 0.1) is 14.7 Å². The first-order valence-corrected chi connectivity index (χ1v) is 8.49. The number of hydrogen-bond acceptors (Lipinski definition) is 5. The summed E-state index contributed by atoms with van der Waals surface area (Å²) < 4.78 is 0. The van der Waals surface area contributed by atoms with Crippen molar-refractivity contribution in [1.29, 1.82) is 0 Å². The molecule has 0 bridgehead atoms. The Morgan fingerprint density at radius 3 is 2.32 bits per heavy atom. The molecule has 25 heavy (non-hydrogen) atoms. The summed E-state index contributed by atoms with van der Waals surface area (Å²) >= 11 is 1.11. The summed E-state index contributed by atoms with van der Waals surface area (Å²) in [5.74, 6) is 0.110. The number of rotatable bonds is 6. The number of carbonyl (C=O) groups is 1. The van der Waals surface area contributed by atoms with Gasteiger partial charge in [0.15, 0.2) is 0 Å². The van der Waals surface area contributed by atoms with Crippen LogP contribution in [0.1, 0.15) is 51.5 Å². The van der Waals surface area contributed by atoms with Crippen LogP contribution < -0.4 is 11.1 Å². The first kappa shape index (κ1) is 21.1. The zero-order chi connectivity index (χ0) is 17.9. The third-order valence-electron chi connectivity index (χ3n) is 3.83. The van der Waals surface area contributed by atoms with Gasteiger partial charge in [0.1, 0.15) is 0 Å². The molecule has 0 aliphatic heterocycles. The number of benzene rings is 1. The predicted octanol–water partition coefficient (Wildman–Crippen LogP) is 3.94. The lowest BCUT2D eigenvalue weighted by Gasteiger charge is -2.14. The highest BCUT2D eigenvalue weighted by Gasteiger charge is 2.20. The monoisotopic (exact) mass is 383 g/mol. The van der Waals surface area contributed by atoms with Gasteiger partial charge >= 0.3 is 0 Å². The Morgan fingerprint density at radius 2 is 1.84 bits per heavy atom. The number of carbonyl (C=O) groups excluding carboxylic acids is 1. The molecule has 8 heteroatoms. The molecule has 2 rings (SSSR count). The van der Waals surface area contributed by atoms with Crippen molar-refractivity contribution >= 4 is 35.3 Å². The Balaban J connectivity index is 0.00000312. The van der Waals surface area contributed by atoms with Gasteiger partial charge in [-0.2, -0.15) is 0 Å². The van der Waals surface area contributed by atoms with E-state index in [0.717, 1.165) is 16.9 Å². The molecule has 136 valence electrons. The molecule has 0 radical (unpaired) electrons. The predicted molar refractivity (Wildman–Crippen MR) is 103 cm³/mol. The molecule has 0 aliphatic rings. The number of halogens is 1. The second kappa shape index (κ2) is 8.94. The normalized spacial score (nSPS) is 11.7.